The predicted octanol–water partition coefficient (Wildman–Crippen LogP) is 4.60. The molecular weight excluding hydrogens is 392 g/mol. The summed E-state index contributed by atoms with van der Waals surface area (Å²) in [4.78, 5) is 27.7. The largest absolute Gasteiger partial charge is 0.352 e. The minimum Gasteiger partial charge on any atom is -0.352 e. The van der Waals surface area contributed by atoms with E-state index in [2.05, 4.69) is 42.6 Å². The lowest BCUT2D eigenvalue weighted by Gasteiger charge is -2.31. The lowest BCUT2D eigenvalue weighted by molar-refractivity contribution is -0.139. The second-order valence-electron chi connectivity index (χ2n) is 7.89. The smallest absolute Gasteiger partial charge is 0.242 e. The minimum atomic E-state index is -0.441. The molecule has 2 aromatic rings. The molecule has 162 valence electrons. The fraction of sp³-hybridized carbons (Fsp3) is 0.440. The molecule has 0 aromatic heterocycles. The topological polar surface area (TPSA) is 49.4 Å². The summed E-state index contributed by atoms with van der Waals surface area (Å²) < 4.78 is 0. The van der Waals surface area contributed by atoms with Crippen LogP contribution in [0.5, 0.6) is 0 Å². The van der Waals surface area contributed by atoms with E-state index in [0.717, 1.165) is 12.2 Å². The molecule has 0 saturated heterocycles. The summed E-state index contributed by atoms with van der Waals surface area (Å²) in [6.07, 6.45) is 1.34. The SMILES string of the molecule is CC[C@H](C(=O)NC(C)C)N(CCc1ccccc1)C(=O)CSCc1cccc(C)c1. The molecule has 0 heterocycles. The Bertz CT molecular complexity index is 808. The summed E-state index contributed by atoms with van der Waals surface area (Å²) in [6, 6.07) is 18.1. The van der Waals surface area contributed by atoms with Gasteiger partial charge in [-0.1, -0.05) is 67.1 Å². The first-order chi connectivity index (χ1) is 14.4. The maximum atomic E-state index is 13.1. The third-order valence-electron chi connectivity index (χ3n) is 4.88. The highest BCUT2D eigenvalue weighted by atomic mass is 32.2. The standard InChI is InChI=1S/C25H34N2O2S/c1-5-23(25(29)26-19(2)3)27(15-14-21-11-7-6-8-12-21)24(28)18-30-17-22-13-9-10-20(4)16-22/h6-13,16,19,23H,5,14-15,17-18H2,1-4H3,(H,26,29)/t23-/m1/s1. The Hall–Kier alpha value is -2.27. The molecule has 0 aliphatic carbocycles. The van der Waals surface area contributed by atoms with E-state index in [9.17, 15) is 9.59 Å². The zero-order chi connectivity index (χ0) is 21.9. The zero-order valence-electron chi connectivity index (χ0n) is 18.6. The summed E-state index contributed by atoms with van der Waals surface area (Å²) in [5, 5.41) is 2.98. The number of hydrogen-bond acceptors (Lipinski definition) is 3. The number of benzene rings is 2. The van der Waals surface area contributed by atoms with Crippen molar-refractivity contribution in [3.63, 3.8) is 0 Å². The van der Waals surface area contributed by atoms with Crippen molar-refractivity contribution < 1.29 is 9.59 Å². The van der Waals surface area contributed by atoms with Crippen LogP contribution in [0.15, 0.2) is 54.6 Å². The Morgan fingerprint density at radius 2 is 1.73 bits per heavy atom. The highest BCUT2D eigenvalue weighted by Gasteiger charge is 2.28. The van der Waals surface area contributed by atoms with E-state index in [-0.39, 0.29) is 17.9 Å². The van der Waals surface area contributed by atoms with Gasteiger partial charge in [0.1, 0.15) is 6.04 Å². The number of rotatable bonds is 11. The number of nitrogens with zero attached hydrogens (tertiary/aromatic N) is 1. The van der Waals surface area contributed by atoms with Crippen molar-refractivity contribution in [3.05, 3.63) is 71.3 Å². The zero-order valence-corrected chi connectivity index (χ0v) is 19.4. The molecular formula is C25H34N2O2S. The number of carbonyl (C=O) groups excluding carboxylic acids is 2. The van der Waals surface area contributed by atoms with Crippen LogP contribution in [0.25, 0.3) is 0 Å². The average Bonchev–Trinajstić information content (AvgIpc) is 2.71. The molecule has 1 N–H and O–H groups in total. The van der Waals surface area contributed by atoms with Crippen LogP contribution in [0.2, 0.25) is 0 Å². The molecule has 2 aromatic carbocycles. The molecule has 0 bridgehead atoms. The lowest BCUT2D eigenvalue weighted by atomic mass is 10.1. The van der Waals surface area contributed by atoms with E-state index in [4.69, 9.17) is 0 Å². The summed E-state index contributed by atoms with van der Waals surface area (Å²) in [5.74, 6) is 1.11. The Labute approximate surface area is 185 Å². The molecule has 30 heavy (non-hydrogen) atoms. The molecule has 4 nitrogen and oxygen atoms in total. The summed E-state index contributed by atoms with van der Waals surface area (Å²) in [5.41, 5.74) is 3.61. The number of amides is 2. The molecule has 0 saturated carbocycles. The fourth-order valence-electron chi connectivity index (χ4n) is 3.42. The highest BCUT2D eigenvalue weighted by Crippen LogP contribution is 2.16. The first-order valence-electron chi connectivity index (χ1n) is 10.7. The molecule has 1 atom stereocenters. The van der Waals surface area contributed by atoms with Gasteiger partial charge in [-0.05, 0) is 44.7 Å². The number of thioether (sulfide) groups is 1. The van der Waals surface area contributed by atoms with Crippen LogP contribution in [0, 0.1) is 6.92 Å². The van der Waals surface area contributed by atoms with Crippen molar-refractivity contribution in [2.24, 2.45) is 0 Å². The molecule has 2 amide bonds. The maximum absolute atomic E-state index is 13.1. The van der Waals surface area contributed by atoms with Gasteiger partial charge >= 0.3 is 0 Å². The van der Waals surface area contributed by atoms with E-state index in [0.29, 0.717) is 18.7 Å². The van der Waals surface area contributed by atoms with Crippen LogP contribution in [-0.2, 0) is 21.8 Å². The van der Waals surface area contributed by atoms with Gasteiger partial charge in [-0.15, -0.1) is 11.8 Å². The van der Waals surface area contributed by atoms with Gasteiger partial charge in [0, 0.05) is 18.3 Å². The Morgan fingerprint density at radius 1 is 1.03 bits per heavy atom. The molecule has 2 rings (SSSR count). The van der Waals surface area contributed by atoms with Gasteiger partial charge in [-0.2, -0.15) is 0 Å². The first kappa shape index (κ1) is 24.0. The third kappa shape index (κ3) is 7.86. The molecule has 0 radical (unpaired) electrons. The summed E-state index contributed by atoms with van der Waals surface area (Å²) >= 11 is 1.60. The maximum Gasteiger partial charge on any atom is 0.242 e. The average molecular weight is 427 g/mol. The molecule has 0 aliphatic heterocycles. The molecule has 0 unspecified atom stereocenters. The molecule has 0 aliphatic rings. The van der Waals surface area contributed by atoms with E-state index < -0.39 is 6.04 Å². The Morgan fingerprint density at radius 3 is 2.37 bits per heavy atom. The number of carbonyl (C=O) groups is 2. The molecule has 0 fully saturated rings. The fourth-order valence-corrected chi connectivity index (χ4v) is 4.28. The van der Waals surface area contributed by atoms with E-state index in [1.54, 1.807) is 16.7 Å². The van der Waals surface area contributed by atoms with Crippen LogP contribution < -0.4 is 5.32 Å². The van der Waals surface area contributed by atoms with Gasteiger partial charge in [0.05, 0.1) is 5.75 Å². The minimum absolute atomic E-state index is 0.0225. The van der Waals surface area contributed by atoms with Gasteiger partial charge < -0.3 is 10.2 Å². The first-order valence-corrected chi connectivity index (χ1v) is 11.8. The van der Waals surface area contributed by atoms with E-state index in [1.807, 2.05) is 45.0 Å². The van der Waals surface area contributed by atoms with Gasteiger partial charge in [0.15, 0.2) is 0 Å². The molecule has 0 spiro atoms. The van der Waals surface area contributed by atoms with E-state index >= 15 is 0 Å². The van der Waals surface area contributed by atoms with Crippen molar-refractivity contribution in [3.8, 4) is 0 Å². The number of hydrogen-bond donors (Lipinski definition) is 1. The second-order valence-corrected chi connectivity index (χ2v) is 8.88. The Kier molecular flexibility index (Phi) is 9.95. The van der Waals surface area contributed by atoms with Crippen LogP contribution >= 0.6 is 11.8 Å². The van der Waals surface area contributed by atoms with Crippen LogP contribution in [-0.4, -0.2) is 41.1 Å². The molecule has 5 heteroatoms. The summed E-state index contributed by atoms with van der Waals surface area (Å²) in [6.45, 7) is 8.46. The highest BCUT2D eigenvalue weighted by molar-refractivity contribution is 7.99. The summed E-state index contributed by atoms with van der Waals surface area (Å²) in [7, 11) is 0. The van der Waals surface area contributed by atoms with Crippen molar-refractivity contribution in [2.75, 3.05) is 12.3 Å². The van der Waals surface area contributed by atoms with Gasteiger partial charge in [0.25, 0.3) is 0 Å². The third-order valence-corrected chi connectivity index (χ3v) is 5.87. The van der Waals surface area contributed by atoms with Crippen molar-refractivity contribution >= 4 is 23.6 Å². The van der Waals surface area contributed by atoms with Crippen LogP contribution in [0.1, 0.15) is 43.9 Å². The van der Waals surface area contributed by atoms with Crippen molar-refractivity contribution in [1.29, 1.82) is 0 Å². The van der Waals surface area contributed by atoms with Gasteiger partial charge in [0.2, 0.25) is 11.8 Å². The quantitative estimate of drug-likeness (QED) is 0.571. The van der Waals surface area contributed by atoms with Crippen molar-refractivity contribution in [1.82, 2.24) is 10.2 Å². The normalized spacial score (nSPS) is 11.9. The lowest BCUT2D eigenvalue weighted by Crippen LogP contribution is -2.51. The van der Waals surface area contributed by atoms with Crippen LogP contribution in [0.3, 0.4) is 0 Å². The van der Waals surface area contributed by atoms with E-state index in [1.165, 1.54) is 16.7 Å². The van der Waals surface area contributed by atoms with Crippen LogP contribution in [0.4, 0.5) is 0 Å². The van der Waals surface area contributed by atoms with Gasteiger partial charge in [-0.25, -0.2) is 0 Å². The van der Waals surface area contributed by atoms with Crippen molar-refractivity contribution in [2.45, 2.75) is 58.4 Å². The monoisotopic (exact) mass is 426 g/mol. The number of nitrogens with one attached hydrogen (secondary N) is 1. The Balaban J connectivity index is 2.05. The number of aryl methyl sites for hydroxylation is 1. The van der Waals surface area contributed by atoms with Gasteiger partial charge in [-0.3, -0.25) is 9.59 Å². The predicted molar refractivity (Wildman–Crippen MR) is 127 cm³/mol. The second kappa shape index (κ2) is 12.4.